The van der Waals surface area contributed by atoms with Crippen LogP contribution in [0.5, 0.6) is 0 Å². The molecule has 1 aromatic carbocycles. The third-order valence-electron chi connectivity index (χ3n) is 4.63. The second-order valence-electron chi connectivity index (χ2n) is 6.68. The average molecular weight is 326 g/mol. The lowest BCUT2D eigenvalue weighted by Gasteiger charge is -2.25. The highest BCUT2D eigenvalue weighted by atomic mass is 16.5. The third kappa shape index (κ3) is 4.34. The third-order valence-corrected chi connectivity index (χ3v) is 4.63. The molecule has 4 heteroatoms. The number of hydrogen-bond donors (Lipinski definition) is 0. The number of carbonyl (C=O) groups is 1. The monoisotopic (exact) mass is 326 g/mol. The molecule has 2 heterocycles. The molecular formula is C20H26N2O2. The smallest absolute Gasteiger partial charge is 0.161 e. The molecule has 0 bridgehead atoms. The Hall–Kier alpha value is -1.91. The van der Waals surface area contributed by atoms with Gasteiger partial charge in [-0.3, -0.25) is 9.69 Å². The van der Waals surface area contributed by atoms with Crippen LogP contribution < -0.4 is 0 Å². The molecule has 1 aliphatic heterocycles. The van der Waals surface area contributed by atoms with E-state index in [9.17, 15) is 4.79 Å². The summed E-state index contributed by atoms with van der Waals surface area (Å²) in [5.41, 5.74) is 3.25. The maximum atomic E-state index is 11.6. The van der Waals surface area contributed by atoms with Crippen LogP contribution in [0.3, 0.4) is 0 Å². The summed E-state index contributed by atoms with van der Waals surface area (Å²) in [7, 11) is 2.01. The molecule has 0 radical (unpaired) electrons. The van der Waals surface area contributed by atoms with Crippen LogP contribution in [0.25, 0.3) is 0 Å². The number of aromatic nitrogens is 1. The molecule has 1 atom stereocenters. The van der Waals surface area contributed by atoms with Crippen molar-refractivity contribution in [1.29, 1.82) is 0 Å². The normalized spacial score (nSPS) is 17.5. The first kappa shape index (κ1) is 16.9. The first-order valence-electron chi connectivity index (χ1n) is 8.66. The second-order valence-corrected chi connectivity index (χ2v) is 6.68. The number of aryl methyl sites for hydroxylation is 1. The van der Waals surface area contributed by atoms with E-state index >= 15 is 0 Å². The van der Waals surface area contributed by atoms with E-state index in [2.05, 4.69) is 33.7 Å². The van der Waals surface area contributed by atoms with Gasteiger partial charge in [0, 0.05) is 50.7 Å². The quantitative estimate of drug-likeness (QED) is 0.731. The van der Waals surface area contributed by atoms with E-state index in [1.54, 1.807) is 6.92 Å². The Morgan fingerprint density at radius 2 is 2.08 bits per heavy atom. The molecule has 0 spiro atoms. The Morgan fingerprint density at radius 3 is 2.71 bits per heavy atom. The SMILES string of the molecule is CC(=O)c1cc(CN(Cc2ccccc2)C[C@H]2CCCO2)n(C)c1. The minimum atomic E-state index is 0.116. The van der Waals surface area contributed by atoms with Crippen LogP contribution in [0.15, 0.2) is 42.6 Å². The molecule has 0 N–H and O–H groups in total. The topological polar surface area (TPSA) is 34.5 Å². The maximum absolute atomic E-state index is 11.6. The zero-order chi connectivity index (χ0) is 16.9. The molecular weight excluding hydrogens is 300 g/mol. The van der Waals surface area contributed by atoms with Gasteiger partial charge in [-0.2, -0.15) is 0 Å². The van der Waals surface area contributed by atoms with Gasteiger partial charge in [0.05, 0.1) is 6.10 Å². The summed E-state index contributed by atoms with van der Waals surface area (Å²) >= 11 is 0. The van der Waals surface area contributed by atoms with Gasteiger partial charge < -0.3 is 9.30 Å². The van der Waals surface area contributed by atoms with Crippen molar-refractivity contribution >= 4 is 5.78 Å². The van der Waals surface area contributed by atoms with Crippen molar-refractivity contribution in [3.05, 3.63) is 59.4 Å². The predicted molar refractivity (Wildman–Crippen MR) is 94.9 cm³/mol. The largest absolute Gasteiger partial charge is 0.377 e. The zero-order valence-electron chi connectivity index (χ0n) is 14.6. The first-order valence-corrected chi connectivity index (χ1v) is 8.66. The van der Waals surface area contributed by atoms with Gasteiger partial charge in [0.25, 0.3) is 0 Å². The fourth-order valence-electron chi connectivity index (χ4n) is 3.29. The summed E-state index contributed by atoms with van der Waals surface area (Å²) in [4.78, 5) is 14.0. The average Bonchev–Trinajstić information content (AvgIpc) is 3.19. The highest BCUT2D eigenvalue weighted by Gasteiger charge is 2.20. The van der Waals surface area contributed by atoms with Gasteiger partial charge in [0.15, 0.2) is 5.78 Å². The van der Waals surface area contributed by atoms with E-state index in [0.717, 1.165) is 50.3 Å². The standard InChI is InChI=1S/C20H26N2O2/c1-16(23)18-11-19(21(2)13-18)14-22(15-20-9-6-10-24-20)12-17-7-4-3-5-8-17/h3-5,7-8,11,13,20H,6,9-10,12,14-15H2,1-2H3/t20-/m1/s1. The molecule has 24 heavy (non-hydrogen) atoms. The van der Waals surface area contributed by atoms with E-state index in [1.165, 1.54) is 5.56 Å². The molecule has 1 aliphatic rings. The number of rotatable bonds is 7. The predicted octanol–water partition coefficient (Wildman–Crippen LogP) is 3.41. The Kier molecular flexibility index (Phi) is 5.48. The molecule has 0 saturated carbocycles. The van der Waals surface area contributed by atoms with Crippen LogP contribution in [0.1, 0.15) is 41.4 Å². The second kappa shape index (κ2) is 7.77. The molecule has 1 fully saturated rings. The van der Waals surface area contributed by atoms with E-state index in [4.69, 9.17) is 4.74 Å². The molecule has 0 amide bonds. The van der Waals surface area contributed by atoms with E-state index in [1.807, 2.05) is 25.4 Å². The number of ketones is 1. The van der Waals surface area contributed by atoms with Crippen LogP contribution in [0.4, 0.5) is 0 Å². The molecule has 2 aromatic rings. The van der Waals surface area contributed by atoms with Crippen LogP contribution in [-0.4, -0.2) is 34.5 Å². The van der Waals surface area contributed by atoms with Crippen LogP contribution in [0, 0.1) is 0 Å². The summed E-state index contributed by atoms with van der Waals surface area (Å²) < 4.78 is 7.89. The molecule has 128 valence electrons. The zero-order valence-corrected chi connectivity index (χ0v) is 14.6. The molecule has 1 aromatic heterocycles. The summed E-state index contributed by atoms with van der Waals surface area (Å²) in [5, 5.41) is 0. The van der Waals surface area contributed by atoms with Gasteiger partial charge >= 0.3 is 0 Å². The van der Waals surface area contributed by atoms with Crippen LogP contribution >= 0.6 is 0 Å². The minimum Gasteiger partial charge on any atom is -0.377 e. The van der Waals surface area contributed by atoms with Gasteiger partial charge in [0.2, 0.25) is 0 Å². The van der Waals surface area contributed by atoms with Gasteiger partial charge in [-0.1, -0.05) is 30.3 Å². The van der Waals surface area contributed by atoms with Crippen molar-refractivity contribution in [3.8, 4) is 0 Å². The van der Waals surface area contributed by atoms with Crippen LogP contribution in [0.2, 0.25) is 0 Å². The van der Waals surface area contributed by atoms with E-state index < -0.39 is 0 Å². The Bertz CT molecular complexity index is 672. The Labute approximate surface area is 144 Å². The number of hydrogen-bond acceptors (Lipinski definition) is 3. The fourth-order valence-corrected chi connectivity index (χ4v) is 3.29. The number of Topliss-reactive ketones (excluding diaryl/α,β-unsaturated/α-hetero) is 1. The molecule has 1 saturated heterocycles. The summed E-state index contributed by atoms with van der Waals surface area (Å²) in [6.45, 7) is 5.13. The van der Waals surface area contributed by atoms with Gasteiger partial charge in [-0.05, 0) is 31.4 Å². The van der Waals surface area contributed by atoms with Crippen molar-refractivity contribution in [2.45, 2.75) is 39.0 Å². The Morgan fingerprint density at radius 1 is 1.29 bits per heavy atom. The highest BCUT2D eigenvalue weighted by molar-refractivity contribution is 5.94. The van der Waals surface area contributed by atoms with Crippen LogP contribution in [-0.2, 0) is 24.9 Å². The van der Waals surface area contributed by atoms with Crippen molar-refractivity contribution in [2.75, 3.05) is 13.2 Å². The number of ether oxygens (including phenoxy) is 1. The molecule has 0 aliphatic carbocycles. The van der Waals surface area contributed by atoms with Gasteiger partial charge in [-0.15, -0.1) is 0 Å². The van der Waals surface area contributed by atoms with Crippen molar-refractivity contribution in [2.24, 2.45) is 7.05 Å². The maximum Gasteiger partial charge on any atom is 0.161 e. The first-order chi connectivity index (χ1) is 11.6. The van der Waals surface area contributed by atoms with Crippen molar-refractivity contribution < 1.29 is 9.53 Å². The number of benzene rings is 1. The molecule has 3 rings (SSSR count). The lowest BCUT2D eigenvalue weighted by molar-refractivity contribution is 0.0671. The molecule has 0 unspecified atom stereocenters. The lowest BCUT2D eigenvalue weighted by atomic mass is 10.1. The summed E-state index contributed by atoms with van der Waals surface area (Å²) in [6, 6.07) is 12.5. The molecule has 4 nitrogen and oxygen atoms in total. The van der Waals surface area contributed by atoms with Gasteiger partial charge in [0.1, 0.15) is 0 Å². The lowest BCUT2D eigenvalue weighted by Crippen LogP contribution is -2.32. The van der Waals surface area contributed by atoms with E-state index in [0.29, 0.717) is 6.10 Å². The Balaban J connectivity index is 1.74. The fraction of sp³-hybridized carbons (Fsp3) is 0.450. The number of nitrogens with zero attached hydrogens (tertiary/aromatic N) is 2. The number of carbonyl (C=O) groups excluding carboxylic acids is 1. The summed E-state index contributed by atoms with van der Waals surface area (Å²) in [5.74, 6) is 0.116. The van der Waals surface area contributed by atoms with E-state index in [-0.39, 0.29) is 5.78 Å². The highest BCUT2D eigenvalue weighted by Crippen LogP contribution is 2.18. The summed E-state index contributed by atoms with van der Waals surface area (Å²) in [6.07, 6.45) is 4.53. The minimum absolute atomic E-state index is 0.116. The van der Waals surface area contributed by atoms with Gasteiger partial charge in [-0.25, -0.2) is 0 Å². The van der Waals surface area contributed by atoms with Crippen molar-refractivity contribution in [1.82, 2.24) is 9.47 Å². The van der Waals surface area contributed by atoms with Crippen molar-refractivity contribution in [3.63, 3.8) is 0 Å².